The predicted octanol–water partition coefficient (Wildman–Crippen LogP) is 3.83. The fraction of sp³-hybridized carbons (Fsp3) is 0.440. The fourth-order valence-corrected chi connectivity index (χ4v) is 5.70. The van der Waals surface area contributed by atoms with Crippen LogP contribution in [0.5, 0.6) is 0 Å². The number of morpholine rings is 1. The van der Waals surface area contributed by atoms with E-state index in [9.17, 15) is 9.59 Å². The lowest BCUT2D eigenvalue weighted by Crippen LogP contribution is -2.73. The first-order valence-corrected chi connectivity index (χ1v) is 11.7. The first-order chi connectivity index (χ1) is 15.7. The van der Waals surface area contributed by atoms with Crippen LogP contribution < -0.4 is 5.32 Å². The van der Waals surface area contributed by atoms with Crippen molar-refractivity contribution >= 4 is 40.2 Å². The Balaban J connectivity index is 1.60. The molecule has 0 bridgehead atoms. The van der Waals surface area contributed by atoms with Gasteiger partial charge in [-0.25, -0.2) is 0 Å². The second kappa shape index (κ2) is 8.01. The van der Waals surface area contributed by atoms with E-state index in [1.807, 2.05) is 17.0 Å². The van der Waals surface area contributed by atoms with Gasteiger partial charge in [0.15, 0.2) is 0 Å². The van der Waals surface area contributed by atoms with Crippen LogP contribution in [-0.2, 0) is 14.3 Å². The zero-order valence-electron chi connectivity index (χ0n) is 19.3. The lowest BCUT2D eigenvalue weighted by molar-refractivity contribution is -0.191. The Labute approximate surface area is 198 Å². The lowest BCUT2D eigenvalue weighted by Gasteiger charge is -2.59. The molecule has 8 heteroatoms. The molecule has 0 spiro atoms. The lowest BCUT2D eigenvalue weighted by atomic mass is 9.87. The summed E-state index contributed by atoms with van der Waals surface area (Å²) in [6, 6.07) is 9.07. The summed E-state index contributed by atoms with van der Waals surface area (Å²) in [7, 11) is 0. The van der Waals surface area contributed by atoms with E-state index in [1.165, 1.54) is 0 Å². The molecule has 2 N–H and O–H groups in total. The van der Waals surface area contributed by atoms with Gasteiger partial charge in [-0.15, -0.1) is 0 Å². The van der Waals surface area contributed by atoms with Gasteiger partial charge in [0.2, 0.25) is 0 Å². The van der Waals surface area contributed by atoms with Gasteiger partial charge in [-0.1, -0.05) is 18.5 Å². The van der Waals surface area contributed by atoms with Gasteiger partial charge in [-0.3, -0.25) is 14.5 Å². The molecule has 0 radical (unpaired) electrons. The number of benzene rings is 1. The molecule has 2 fully saturated rings. The van der Waals surface area contributed by atoms with Gasteiger partial charge in [0, 0.05) is 46.5 Å². The van der Waals surface area contributed by atoms with Crippen LogP contribution >= 0.6 is 11.6 Å². The zero-order valence-corrected chi connectivity index (χ0v) is 20.1. The summed E-state index contributed by atoms with van der Waals surface area (Å²) in [5.41, 5.74) is 2.44. The van der Waals surface area contributed by atoms with Gasteiger partial charge in [-0.05, 0) is 51.1 Å². The van der Waals surface area contributed by atoms with Crippen LogP contribution in [0, 0.1) is 5.92 Å². The van der Waals surface area contributed by atoms with Crippen molar-refractivity contribution in [1.29, 1.82) is 0 Å². The normalized spacial score (nSPS) is 28.2. The molecule has 5 rings (SSSR count). The van der Waals surface area contributed by atoms with Crippen LogP contribution in [0.1, 0.15) is 39.0 Å². The Morgan fingerprint density at radius 1 is 1.24 bits per heavy atom. The molecule has 0 aliphatic carbocycles. The third kappa shape index (κ3) is 3.59. The number of nitrogens with one attached hydrogen (secondary N) is 2. The van der Waals surface area contributed by atoms with Gasteiger partial charge in [0.1, 0.15) is 0 Å². The fourth-order valence-electron chi connectivity index (χ4n) is 5.53. The molecule has 0 saturated carbocycles. The Hall–Kier alpha value is -2.61. The minimum absolute atomic E-state index is 0.0692. The number of hydrogen-bond acceptors (Lipinski definition) is 4. The molecule has 3 atom stereocenters. The Bertz CT molecular complexity index is 1140. The Morgan fingerprint density at radius 3 is 2.70 bits per heavy atom. The first-order valence-electron chi connectivity index (χ1n) is 11.4. The molecular weight excluding hydrogens is 440 g/mol. The molecule has 4 heterocycles. The number of fused-ring (bicyclic) bond motifs is 1. The van der Waals surface area contributed by atoms with E-state index in [4.69, 9.17) is 16.3 Å². The van der Waals surface area contributed by atoms with Crippen molar-refractivity contribution in [3.63, 3.8) is 0 Å². The van der Waals surface area contributed by atoms with E-state index < -0.39 is 0 Å². The SMILES string of the molecule is CC1CN(C(=O)/C(=C2\C(=O)Nc3ccc(Cl)cc32)c2ccc[nH]2)C1N1C(C)COCC1(C)C. The average Bonchev–Trinajstić information content (AvgIpc) is 3.37. The summed E-state index contributed by atoms with van der Waals surface area (Å²) in [6.45, 7) is 10.5. The van der Waals surface area contributed by atoms with E-state index in [1.54, 1.807) is 24.4 Å². The number of hydrogen-bond donors (Lipinski definition) is 2. The number of likely N-dealkylation sites (tertiary alicyclic amines) is 1. The highest BCUT2D eigenvalue weighted by atomic mass is 35.5. The third-order valence-electron chi connectivity index (χ3n) is 6.90. The van der Waals surface area contributed by atoms with Crippen LogP contribution in [0.3, 0.4) is 0 Å². The molecule has 33 heavy (non-hydrogen) atoms. The smallest absolute Gasteiger partial charge is 0.258 e. The van der Waals surface area contributed by atoms with Gasteiger partial charge in [-0.2, -0.15) is 0 Å². The number of anilines is 1. The standard InChI is InChI=1S/C25H29ClN4O3/c1-14-11-29(23(14)30-15(2)12-33-13-25(30,3)4)24(32)21(19-6-5-9-27-19)20-17-10-16(26)7-8-18(17)28-22(20)31/h5-10,14-15,23,27H,11-13H2,1-4H3,(H,28,31)/b21-20-. The number of nitrogens with zero attached hydrogens (tertiary/aromatic N) is 2. The summed E-state index contributed by atoms with van der Waals surface area (Å²) < 4.78 is 5.80. The minimum Gasteiger partial charge on any atom is -0.378 e. The highest BCUT2D eigenvalue weighted by Gasteiger charge is 2.51. The number of H-pyrrole nitrogens is 1. The maximum absolute atomic E-state index is 14.1. The molecule has 1 aromatic carbocycles. The molecular formula is C25H29ClN4O3. The van der Waals surface area contributed by atoms with Crippen LogP contribution in [0.15, 0.2) is 36.5 Å². The molecule has 2 amide bonds. The van der Waals surface area contributed by atoms with Crippen LogP contribution in [0.2, 0.25) is 5.02 Å². The number of ether oxygens (including phenoxy) is 1. The number of aromatic amines is 1. The van der Waals surface area contributed by atoms with Gasteiger partial charge in [0.25, 0.3) is 11.8 Å². The average molecular weight is 469 g/mol. The molecule has 3 unspecified atom stereocenters. The maximum Gasteiger partial charge on any atom is 0.258 e. The minimum atomic E-state index is -0.296. The van der Waals surface area contributed by atoms with Crippen LogP contribution in [-0.4, -0.2) is 64.1 Å². The van der Waals surface area contributed by atoms with E-state index >= 15 is 0 Å². The summed E-state index contributed by atoms with van der Waals surface area (Å²) in [4.78, 5) is 34.7. The van der Waals surface area contributed by atoms with Crippen molar-refractivity contribution in [3.05, 3.63) is 52.8 Å². The van der Waals surface area contributed by atoms with E-state index in [0.717, 1.165) is 0 Å². The number of rotatable bonds is 3. The topological polar surface area (TPSA) is 77.7 Å². The molecule has 1 aromatic heterocycles. The Morgan fingerprint density at radius 2 is 2.03 bits per heavy atom. The van der Waals surface area contributed by atoms with E-state index in [-0.39, 0.29) is 29.6 Å². The van der Waals surface area contributed by atoms with Crippen molar-refractivity contribution in [2.75, 3.05) is 25.1 Å². The van der Waals surface area contributed by atoms with Crippen LogP contribution in [0.25, 0.3) is 11.1 Å². The molecule has 2 aromatic rings. The molecule has 3 aliphatic rings. The van der Waals surface area contributed by atoms with Crippen LogP contribution in [0.4, 0.5) is 5.69 Å². The predicted molar refractivity (Wildman–Crippen MR) is 129 cm³/mol. The van der Waals surface area contributed by atoms with Crippen molar-refractivity contribution in [1.82, 2.24) is 14.8 Å². The largest absolute Gasteiger partial charge is 0.378 e. The number of carbonyl (C=O) groups is 2. The van der Waals surface area contributed by atoms with Gasteiger partial charge in [0.05, 0.1) is 36.2 Å². The van der Waals surface area contributed by atoms with Crippen molar-refractivity contribution in [2.45, 2.75) is 45.4 Å². The summed E-state index contributed by atoms with van der Waals surface area (Å²) in [6.07, 6.45) is 1.69. The van der Waals surface area contributed by atoms with Gasteiger partial charge < -0.3 is 19.9 Å². The van der Waals surface area contributed by atoms with Crippen molar-refractivity contribution in [2.24, 2.45) is 5.92 Å². The first kappa shape index (κ1) is 22.2. The second-order valence-electron chi connectivity index (χ2n) is 9.91. The van der Waals surface area contributed by atoms with Gasteiger partial charge >= 0.3 is 0 Å². The number of aromatic nitrogens is 1. The number of amides is 2. The summed E-state index contributed by atoms with van der Waals surface area (Å²) in [5.74, 6) is -0.147. The number of carbonyl (C=O) groups excluding carboxylic acids is 2. The quantitative estimate of drug-likeness (QED) is 0.671. The highest BCUT2D eigenvalue weighted by Crippen LogP contribution is 2.42. The van der Waals surface area contributed by atoms with E-state index in [0.29, 0.717) is 58.8 Å². The summed E-state index contributed by atoms with van der Waals surface area (Å²) >= 11 is 6.25. The summed E-state index contributed by atoms with van der Waals surface area (Å²) in [5, 5.41) is 3.40. The van der Waals surface area contributed by atoms with Crippen molar-refractivity contribution < 1.29 is 14.3 Å². The maximum atomic E-state index is 14.1. The highest BCUT2D eigenvalue weighted by molar-refractivity contribution is 6.45. The second-order valence-corrected chi connectivity index (χ2v) is 10.3. The molecule has 2 saturated heterocycles. The number of halogens is 1. The molecule has 3 aliphatic heterocycles. The zero-order chi connectivity index (χ0) is 23.5. The van der Waals surface area contributed by atoms with Crippen molar-refractivity contribution in [3.8, 4) is 0 Å². The monoisotopic (exact) mass is 468 g/mol. The van der Waals surface area contributed by atoms with E-state index in [2.05, 4.69) is 42.9 Å². The molecule has 7 nitrogen and oxygen atoms in total. The third-order valence-corrected chi connectivity index (χ3v) is 7.14. The Kier molecular flexibility index (Phi) is 5.39. The molecule has 174 valence electrons.